The predicted molar refractivity (Wildman–Crippen MR) is 166 cm³/mol. The van der Waals surface area contributed by atoms with Gasteiger partial charge in [-0.15, -0.1) is 0 Å². The molecule has 3 aliphatic carbocycles. The van der Waals surface area contributed by atoms with E-state index in [0.717, 1.165) is 60.4 Å². The van der Waals surface area contributed by atoms with Crippen molar-refractivity contribution in [3.63, 3.8) is 0 Å². The maximum Gasteiger partial charge on any atom is 0.316 e. The molecule has 6 nitrogen and oxygen atoms in total. The number of hydrogen-bond donors (Lipinski definition) is 2. The number of ether oxygens (including phenoxy) is 1. The van der Waals surface area contributed by atoms with Crippen LogP contribution < -0.4 is 11.1 Å². The molecule has 3 N–H and O–H groups in total. The molecule has 2 saturated carbocycles. The first-order valence-electron chi connectivity index (χ1n) is 14.8. The molecule has 0 bridgehead atoms. The Balaban J connectivity index is 0.000000182. The summed E-state index contributed by atoms with van der Waals surface area (Å²) in [7, 11) is 0. The molecule has 1 heterocycles. The molecule has 3 aliphatic rings. The van der Waals surface area contributed by atoms with Gasteiger partial charge in [-0.05, 0) is 92.7 Å². The molecule has 3 aromatic rings. The number of amides is 2. The highest BCUT2D eigenvalue weighted by molar-refractivity contribution is 6.39. The van der Waals surface area contributed by atoms with E-state index in [-0.39, 0.29) is 0 Å². The minimum Gasteiger partial charge on any atom is -0.373 e. The summed E-state index contributed by atoms with van der Waals surface area (Å²) in [5.41, 5.74) is 10.9. The topological polar surface area (TPSA) is 90.4 Å². The Bertz CT molecular complexity index is 1360. The van der Waals surface area contributed by atoms with E-state index < -0.39 is 6.03 Å². The van der Waals surface area contributed by atoms with Crippen LogP contribution in [0.5, 0.6) is 0 Å². The number of carbonyl (C=O) groups is 1. The average molecular weight is 597 g/mol. The first-order valence-corrected chi connectivity index (χ1v) is 15.6. The van der Waals surface area contributed by atoms with E-state index >= 15 is 0 Å². The maximum absolute atomic E-state index is 10.8. The van der Waals surface area contributed by atoms with Gasteiger partial charge in [-0.1, -0.05) is 72.4 Å². The second-order valence-electron chi connectivity index (χ2n) is 11.2. The summed E-state index contributed by atoms with van der Waals surface area (Å²) in [6.07, 6.45) is 14.6. The van der Waals surface area contributed by atoms with Gasteiger partial charge in [-0.3, -0.25) is 0 Å². The number of anilines is 1. The van der Waals surface area contributed by atoms with E-state index in [9.17, 15) is 4.79 Å². The summed E-state index contributed by atoms with van der Waals surface area (Å²) >= 11 is 12.8. The number of halogens is 2. The zero-order chi connectivity index (χ0) is 28.8. The number of carbonyl (C=O) groups excluding carboxylic acids is 1. The number of nitrogens with two attached hydrogens (primary N) is 1. The van der Waals surface area contributed by atoms with Crippen molar-refractivity contribution in [3.8, 4) is 11.3 Å². The van der Waals surface area contributed by atoms with Gasteiger partial charge in [0.1, 0.15) is 11.5 Å². The van der Waals surface area contributed by atoms with Crippen molar-refractivity contribution >= 4 is 40.5 Å². The molecule has 41 heavy (non-hydrogen) atoms. The van der Waals surface area contributed by atoms with Crippen LogP contribution in [0.1, 0.15) is 93.9 Å². The lowest BCUT2D eigenvalue weighted by Gasteiger charge is -2.19. The Morgan fingerprint density at radius 1 is 1.07 bits per heavy atom. The molecule has 0 radical (unpaired) electrons. The van der Waals surface area contributed by atoms with Crippen molar-refractivity contribution in [2.45, 2.75) is 89.8 Å². The fraction of sp³-hybridized carbons (Fsp3) is 0.455. The Labute approximate surface area is 252 Å². The number of rotatable bonds is 8. The lowest BCUT2D eigenvalue weighted by molar-refractivity contribution is 0.0146. The lowest BCUT2D eigenvalue weighted by atomic mass is 9.93. The Hall–Kier alpha value is -2.80. The second-order valence-corrected chi connectivity index (χ2v) is 12.1. The van der Waals surface area contributed by atoms with Crippen LogP contribution in [-0.4, -0.2) is 17.3 Å². The van der Waals surface area contributed by atoms with E-state index in [4.69, 9.17) is 38.2 Å². The monoisotopic (exact) mass is 595 g/mol. The smallest absolute Gasteiger partial charge is 0.316 e. The molecule has 2 amide bonds. The molecule has 2 aromatic carbocycles. The number of aromatic nitrogens is 1. The molecule has 0 spiro atoms. The zero-order valence-corrected chi connectivity index (χ0v) is 25.1. The molecular formula is C33H39Cl2N3O3. The van der Waals surface area contributed by atoms with Crippen molar-refractivity contribution in [3.05, 3.63) is 75.5 Å². The molecule has 0 saturated heterocycles. The fourth-order valence-corrected chi connectivity index (χ4v) is 6.54. The van der Waals surface area contributed by atoms with E-state index in [1.807, 2.05) is 36.4 Å². The Morgan fingerprint density at radius 2 is 1.85 bits per heavy atom. The Kier molecular flexibility index (Phi) is 10.1. The van der Waals surface area contributed by atoms with Crippen LogP contribution in [0.15, 0.2) is 53.1 Å². The van der Waals surface area contributed by atoms with Crippen molar-refractivity contribution in [1.82, 2.24) is 5.16 Å². The van der Waals surface area contributed by atoms with Crippen molar-refractivity contribution < 1.29 is 14.1 Å². The zero-order valence-electron chi connectivity index (χ0n) is 23.6. The first kappa shape index (κ1) is 29.7. The molecule has 6 rings (SSSR count). The summed E-state index contributed by atoms with van der Waals surface area (Å²) < 4.78 is 12.0. The fourth-order valence-electron chi connectivity index (χ4n) is 5.97. The molecule has 218 valence electrons. The Morgan fingerprint density at radius 3 is 2.54 bits per heavy atom. The van der Waals surface area contributed by atoms with Gasteiger partial charge in [0, 0.05) is 22.7 Å². The minimum atomic E-state index is -0.519. The standard InChI is InChI=1S/C20H23Cl2NO2.C13H16N2O/c1-2-12-5-3-8-17(12)24-11-14-19(23-25-20(14)13-9-10-13)18-15(21)6-4-7-16(18)22;14-13(16)15-12-8-4-7-11(9-12)10-5-2-1-3-6-10/h4,6-7,12-13,17H,2-3,5,8-11H2,1H3;4-5,7-9H,1-3,6H2,(H3,14,15,16). The maximum atomic E-state index is 10.8. The molecule has 2 unspecified atom stereocenters. The molecule has 2 atom stereocenters. The van der Waals surface area contributed by atoms with Crippen molar-refractivity contribution in [1.29, 1.82) is 0 Å². The number of allylic oxidation sites excluding steroid dienone is 2. The van der Waals surface area contributed by atoms with Gasteiger partial charge in [-0.2, -0.15) is 0 Å². The van der Waals surface area contributed by atoms with Gasteiger partial charge >= 0.3 is 6.03 Å². The highest BCUT2D eigenvalue weighted by Gasteiger charge is 2.34. The van der Waals surface area contributed by atoms with Gasteiger partial charge in [0.25, 0.3) is 0 Å². The van der Waals surface area contributed by atoms with Gasteiger partial charge in [0.2, 0.25) is 0 Å². The second kappa shape index (κ2) is 13.9. The SMILES string of the molecule is CCC1CCCC1OCc1c(-c2c(Cl)cccc2Cl)noc1C1CC1.NC(=O)Nc1cccc(C2=CCCCC2)c1. The van der Waals surface area contributed by atoms with E-state index in [0.29, 0.717) is 34.6 Å². The summed E-state index contributed by atoms with van der Waals surface area (Å²) in [6.45, 7) is 2.77. The van der Waals surface area contributed by atoms with Crippen LogP contribution in [0.2, 0.25) is 10.0 Å². The molecule has 2 fully saturated rings. The quantitative estimate of drug-likeness (QED) is 0.271. The number of benzene rings is 2. The number of nitrogens with one attached hydrogen (secondary N) is 1. The first-order chi connectivity index (χ1) is 19.9. The van der Waals surface area contributed by atoms with Crippen LogP contribution in [0.3, 0.4) is 0 Å². The molecular weight excluding hydrogens is 557 g/mol. The van der Waals surface area contributed by atoms with Gasteiger partial charge in [-0.25, -0.2) is 4.79 Å². The lowest BCUT2D eigenvalue weighted by Crippen LogP contribution is -2.19. The van der Waals surface area contributed by atoms with Gasteiger partial charge in [0.15, 0.2) is 0 Å². The average Bonchev–Trinajstić information content (AvgIpc) is 3.57. The third-order valence-corrected chi connectivity index (χ3v) is 8.94. The van der Waals surface area contributed by atoms with Crippen molar-refractivity contribution in [2.24, 2.45) is 11.7 Å². The summed E-state index contributed by atoms with van der Waals surface area (Å²) in [4.78, 5) is 10.8. The summed E-state index contributed by atoms with van der Waals surface area (Å²) in [5, 5.41) is 8.11. The van der Waals surface area contributed by atoms with Crippen LogP contribution >= 0.6 is 23.2 Å². The van der Waals surface area contributed by atoms with Crippen LogP contribution in [0.4, 0.5) is 10.5 Å². The number of primary amides is 1. The van der Waals surface area contributed by atoms with Crippen molar-refractivity contribution in [2.75, 3.05) is 5.32 Å². The van der Waals surface area contributed by atoms with Crippen LogP contribution in [0.25, 0.3) is 16.8 Å². The van der Waals surface area contributed by atoms with Crippen LogP contribution in [-0.2, 0) is 11.3 Å². The highest BCUT2D eigenvalue weighted by atomic mass is 35.5. The van der Waals surface area contributed by atoms with E-state index in [2.05, 4.69) is 29.5 Å². The summed E-state index contributed by atoms with van der Waals surface area (Å²) in [6, 6.07) is 12.8. The summed E-state index contributed by atoms with van der Waals surface area (Å²) in [5.74, 6) is 2.08. The number of nitrogens with zero attached hydrogens (tertiary/aromatic N) is 1. The predicted octanol–water partition coefficient (Wildman–Crippen LogP) is 9.76. The third-order valence-electron chi connectivity index (χ3n) is 8.31. The van der Waals surface area contributed by atoms with Gasteiger partial charge in [0.05, 0.1) is 22.8 Å². The molecule has 8 heteroatoms. The van der Waals surface area contributed by atoms with E-state index in [1.165, 1.54) is 43.2 Å². The molecule has 0 aliphatic heterocycles. The largest absolute Gasteiger partial charge is 0.373 e. The molecule has 1 aromatic heterocycles. The number of hydrogen-bond acceptors (Lipinski definition) is 4. The third kappa shape index (κ3) is 7.54. The van der Waals surface area contributed by atoms with E-state index in [1.54, 1.807) is 0 Å². The van der Waals surface area contributed by atoms with Gasteiger partial charge < -0.3 is 20.3 Å². The number of urea groups is 1. The van der Waals surface area contributed by atoms with Crippen LogP contribution in [0, 0.1) is 5.92 Å². The minimum absolute atomic E-state index is 0.335. The normalized spacial score (nSPS) is 20.2. The highest BCUT2D eigenvalue weighted by Crippen LogP contribution is 2.46.